The van der Waals surface area contributed by atoms with Crippen LogP contribution in [0.25, 0.3) is 11.6 Å². The van der Waals surface area contributed by atoms with E-state index in [1.165, 1.54) is 0 Å². The van der Waals surface area contributed by atoms with Crippen molar-refractivity contribution in [2.45, 2.75) is 6.92 Å². The minimum Gasteiger partial charge on any atom is -0.478 e. The Kier molecular flexibility index (Phi) is 4.03. The topological polar surface area (TPSA) is 37.3 Å². The zero-order chi connectivity index (χ0) is 13.8. The molecule has 0 radical (unpaired) electrons. The molecule has 19 heavy (non-hydrogen) atoms. The van der Waals surface area contributed by atoms with Crippen LogP contribution in [-0.4, -0.2) is 11.1 Å². The second-order valence-electron chi connectivity index (χ2n) is 4.28. The third-order valence-electron chi connectivity index (χ3n) is 2.74. The summed E-state index contributed by atoms with van der Waals surface area (Å²) < 4.78 is 0. The summed E-state index contributed by atoms with van der Waals surface area (Å²) in [6.07, 6.45) is 1.65. The van der Waals surface area contributed by atoms with Crippen molar-refractivity contribution in [3.05, 3.63) is 70.2 Å². The Labute approximate surface area is 117 Å². The number of carbonyl (C=O) groups is 1. The largest absolute Gasteiger partial charge is 0.478 e. The van der Waals surface area contributed by atoms with Crippen molar-refractivity contribution in [2.75, 3.05) is 0 Å². The standard InChI is InChI=1S/C16H13ClO2/c1-11-3-2-4-13(9-11)15(16(18)19)10-12-5-7-14(17)8-6-12/h2-10H,1H3,(H,18,19)/b15-10+. The molecule has 0 atom stereocenters. The lowest BCUT2D eigenvalue weighted by Gasteiger charge is -2.04. The quantitative estimate of drug-likeness (QED) is 0.669. The molecule has 0 spiro atoms. The Hall–Kier alpha value is -2.06. The first-order valence-corrected chi connectivity index (χ1v) is 6.21. The lowest BCUT2D eigenvalue weighted by atomic mass is 10.0. The lowest BCUT2D eigenvalue weighted by Crippen LogP contribution is -1.99. The van der Waals surface area contributed by atoms with Gasteiger partial charge in [0, 0.05) is 5.02 Å². The van der Waals surface area contributed by atoms with Gasteiger partial charge in [0.25, 0.3) is 0 Å². The van der Waals surface area contributed by atoms with Crippen molar-refractivity contribution in [1.82, 2.24) is 0 Å². The summed E-state index contributed by atoms with van der Waals surface area (Å²) in [7, 11) is 0. The minimum absolute atomic E-state index is 0.269. The van der Waals surface area contributed by atoms with E-state index in [1.807, 2.05) is 25.1 Å². The number of carboxylic acid groups (broad SMARTS) is 1. The molecule has 3 heteroatoms. The van der Waals surface area contributed by atoms with Gasteiger partial charge in [0.2, 0.25) is 0 Å². The number of hydrogen-bond donors (Lipinski definition) is 1. The molecular weight excluding hydrogens is 260 g/mol. The molecule has 0 aliphatic carbocycles. The molecule has 0 saturated carbocycles. The highest BCUT2D eigenvalue weighted by Gasteiger charge is 2.10. The molecule has 0 aromatic heterocycles. The summed E-state index contributed by atoms with van der Waals surface area (Å²) in [6.45, 7) is 1.94. The number of aryl methyl sites for hydroxylation is 1. The summed E-state index contributed by atoms with van der Waals surface area (Å²) >= 11 is 5.81. The van der Waals surface area contributed by atoms with Crippen LogP contribution in [0.3, 0.4) is 0 Å². The second-order valence-corrected chi connectivity index (χ2v) is 4.72. The molecule has 0 aliphatic rings. The van der Waals surface area contributed by atoms with Crippen LogP contribution in [0.4, 0.5) is 0 Å². The van der Waals surface area contributed by atoms with Gasteiger partial charge in [-0.1, -0.05) is 53.6 Å². The average Bonchev–Trinajstić information content (AvgIpc) is 2.37. The van der Waals surface area contributed by atoms with Gasteiger partial charge in [0.05, 0.1) is 5.57 Å². The zero-order valence-corrected chi connectivity index (χ0v) is 11.2. The first-order chi connectivity index (χ1) is 9.06. The maximum Gasteiger partial charge on any atom is 0.336 e. The first-order valence-electron chi connectivity index (χ1n) is 5.84. The normalized spacial score (nSPS) is 11.4. The molecule has 2 rings (SSSR count). The highest BCUT2D eigenvalue weighted by Crippen LogP contribution is 2.20. The van der Waals surface area contributed by atoms with Crippen molar-refractivity contribution >= 4 is 29.2 Å². The smallest absolute Gasteiger partial charge is 0.336 e. The SMILES string of the molecule is Cc1cccc(/C(=C\c2ccc(Cl)cc2)C(=O)O)c1. The van der Waals surface area contributed by atoms with Gasteiger partial charge in [-0.3, -0.25) is 0 Å². The molecule has 0 amide bonds. The molecule has 1 N–H and O–H groups in total. The average molecular weight is 273 g/mol. The van der Waals surface area contributed by atoms with E-state index in [0.717, 1.165) is 11.1 Å². The van der Waals surface area contributed by atoms with Crippen LogP contribution in [0.15, 0.2) is 48.5 Å². The van der Waals surface area contributed by atoms with Crippen molar-refractivity contribution in [2.24, 2.45) is 0 Å². The van der Waals surface area contributed by atoms with Crippen molar-refractivity contribution < 1.29 is 9.90 Å². The van der Waals surface area contributed by atoms with Gasteiger partial charge in [-0.2, -0.15) is 0 Å². The summed E-state index contributed by atoms with van der Waals surface area (Å²) in [5.74, 6) is -0.944. The maximum absolute atomic E-state index is 11.4. The highest BCUT2D eigenvalue weighted by molar-refractivity contribution is 6.30. The first kappa shape index (κ1) is 13.4. The number of aliphatic carboxylic acids is 1. The molecule has 0 heterocycles. The number of benzene rings is 2. The van der Waals surface area contributed by atoms with Crippen LogP contribution in [0, 0.1) is 6.92 Å². The Morgan fingerprint density at radius 1 is 1.16 bits per heavy atom. The van der Waals surface area contributed by atoms with Gasteiger partial charge in [-0.25, -0.2) is 4.79 Å². The molecular formula is C16H13ClO2. The molecule has 0 fully saturated rings. The maximum atomic E-state index is 11.4. The van der Waals surface area contributed by atoms with E-state index in [-0.39, 0.29) is 5.57 Å². The van der Waals surface area contributed by atoms with E-state index in [9.17, 15) is 9.90 Å². The molecule has 0 bridgehead atoms. The molecule has 2 aromatic carbocycles. The summed E-state index contributed by atoms with van der Waals surface area (Å²) in [4.78, 5) is 11.4. The van der Waals surface area contributed by atoms with E-state index in [0.29, 0.717) is 10.6 Å². The Bertz CT molecular complexity index is 627. The van der Waals surface area contributed by atoms with Gasteiger partial charge in [-0.15, -0.1) is 0 Å². The van der Waals surface area contributed by atoms with E-state index in [1.54, 1.807) is 36.4 Å². The molecule has 0 unspecified atom stereocenters. The van der Waals surface area contributed by atoms with Crippen LogP contribution >= 0.6 is 11.6 Å². The van der Waals surface area contributed by atoms with Gasteiger partial charge >= 0.3 is 5.97 Å². The van der Waals surface area contributed by atoms with Crippen LogP contribution in [-0.2, 0) is 4.79 Å². The third-order valence-corrected chi connectivity index (χ3v) is 2.99. The summed E-state index contributed by atoms with van der Waals surface area (Å²) in [5.41, 5.74) is 2.80. The number of halogens is 1. The highest BCUT2D eigenvalue weighted by atomic mass is 35.5. The number of hydrogen-bond acceptors (Lipinski definition) is 1. The molecule has 96 valence electrons. The van der Waals surface area contributed by atoms with E-state index in [4.69, 9.17) is 11.6 Å². The second kappa shape index (κ2) is 5.72. The molecule has 2 nitrogen and oxygen atoms in total. The minimum atomic E-state index is -0.944. The summed E-state index contributed by atoms with van der Waals surface area (Å²) in [5, 5.41) is 9.97. The fraction of sp³-hybridized carbons (Fsp3) is 0.0625. The lowest BCUT2D eigenvalue weighted by molar-refractivity contribution is -0.130. The fourth-order valence-electron chi connectivity index (χ4n) is 1.81. The van der Waals surface area contributed by atoms with Gasteiger partial charge in [0.15, 0.2) is 0 Å². The third kappa shape index (κ3) is 3.46. The Morgan fingerprint density at radius 2 is 1.84 bits per heavy atom. The fourth-order valence-corrected chi connectivity index (χ4v) is 1.93. The van der Waals surface area contributed by atoms with E-state index in [2.05, 4.69) is 0 Å². The number of rotatable bonds is 3. The van der Waals surface area contributed by atoms with E-state index < -0.39 is 5.97 Å². The predicted molar refractivity (Wildman–Crippen MR) is 78.1 cm³/mol. The number of carboxylic acids is 1. The molecule has 2 aromatic rings. The Balaban J connectivity index is 2.46. The van der Waals surface area contributed by atoms with Gasteiger partial charge in [0.1, 0.15) is 0 Å². The monoisotopic (exact) mass is 272 g/mol. The van der Waals surface area contributed by atoms with Crippen LogP contribution in [0.1, 0.15) is 16.7 Å². The van der Waals surface area contributed by atoms with Crippen LogP contribution < -0.4 is 0 Å². The van der Waals surface area contributed by atoms with Gasteiger partial charge < -0.3 is 5.11 Å². The molecule has 0 aliphatic heterocycles. The van der Waals surface area contributed by atoms with E-state index >= 15 is 0 Å². The van der Waals surface area contributed by atoms with Crippen molar-refractivity contribution in [3.63, 3.8) is 0 Å². The van der Waals surface area contributed by atoms with Crippen molar-refractivity contribution in [3.8, 4) is 0 Å². The van der Waals surface area contributed by atoms with Crippen LogP contribution in [0.5, 0.6) is 0 Å². The zero-order valence-electron chi connectivity index (χ0n) is 10.4. The predicted octanol–water partition coefficient (Wildman–Crippen LogP) is 4.27. The van der Waals surface area contributed by atoms with Crippen LogP contribution in [0.2, 0.25) is 5.02 Å². The van der Waals surface area contributed by atoms with Gasteiger partial charge in [-0.05, 0) is 36.3 Å². The summed E-state index contributed by atoms with van der Waals surface area (Å²) in [6, 6.07) is 14.5. The molecule has 0 saturated heterocycles. The van der Waals surface area contributed by atoms with Crippen molar-refractivity contribution in [1.29, 1.82) is 0 Å². The Morgan fingerprint density at radius 3 is 2.42 bits per heavy atom.